The third-order valence-corrected chi connectivity index (χ3v) is 6.10. The molecule has 1 amide bonds. The number of aromatic nitrogens is 2. The van der Waals surface area contributed by atoms with E-state index in [0.717, 1.165) is 17.5 Å². The van der Waals surface area contributed by atoms with Gasteiger partial charge in [0.2, 0.25) is 0 Å². The summed E-state index contributed by atoms with van der Waals surface area (Å²) in [6, 6.07) is 12.4. The number of phenols is 1. The second kappa shape index (κ2) is 10.8. The van der Waals surface area contributed by atoms with E-state index in [9.17, 15) is 9.90 Å². The smallest absolute Gasteiger partial charge is 0.273 e. The fraction of sp³-hybridized carbons (Fsp3) is 0.407. The Balaban J connectivity index is 1.78. The van der Waals surface area contributed by atoms with Crippen LogP contribution in [0.4, 0.5) is 0 Å². The molecule has 0 unspecified atom stereocenters. The van der Waals surface area contributed by atoms with E-state index in [-0.39, 0.29) is 11.7 Å². The number of methoxy groups -OCH3 is 1. The number of aromatic hydroxyl groups is 1. The molecule has 0 saturated heterocycles. The van der Waals surface area contributed by atoms with Crippen molar-refractivity contribution in [3.63, 3.8) is 0 Å². The van der Waals surface area contributed by atoms with Crippen LogP contribution >= 0.6 is 0 Å². The average Bonchev–Trinajstić information content (AvgIpc) is 3.37. The van der Waals surface area contributed by atoms with E-state index in [1.54, 1.807) is 30.2 Å². The predicted molar refractivity (Wildman–Crippen MR) is 133 cm³/mol. The van der Waals surface area contributed by atoms with Crippen molar-refractivity contribution in [1.29, 1.82) is 0 Å². The number of hydrogen-bond acceptors (Lipinski definition) is 6. The molecule has 4 rings (SSSR count). The standard InChI is InChI=1S/C27H33N3O5/c1-5-34-22-16-18(10-11-21(22)35-14-12-17(2)3)26-23-24(19-8-6-7-9-20(19)31)28-29-25(23)27(32)30(26)13-15-33-4/h6-11,16-17,26,31H,5,12-15H2,1-4H3,(H,28,29)/t26-/m1/s1. The number of amides is 1. The van der Waals surface area contributed by atoms with Gasteiger partial charge in [-0.3, -0.25) is 9.89 Å². The number of carbonyl (C=O) groups excluding carboxylic acids is 1. The third-order valence-electron chi connectivity index (χ3n) is 6.10. The van der Waals surface area contributed by atoms with Crippen LogP contribution in [0.5, 0.6) is 17.2 Å². The largest absolute Gasteiger partial charge is 0.507 e. The van der Waals surface area contributed by atoms with Gasteiger partial charge < -0.3 is 24.2 Å². The number of rotatable bonds is 11. The van der Waals surface area contributed by atoms with Crippen molar-refractivity contribution >= 4 is 5.91 Å². The fourth-order valence-electron chi connectivity index (χ4n) is 4.33. The SMILES string of the molecule is CCOc1cc([C@@H]2c3c(-c4ccccc4O)n[nH]c3C(=O)N2CCOC)ccc1OCCC(C)C. The Morgan fingerprint density at radius 1 is 1.11 bits per heavy atom. The van der Waals surface area contributed by atoms with Crippen LogP contribution in [0.2, 0.25) is 0 Å². The first-order valence-corrected chi connectivity index (χ1v) is 12.0. The van der Waals surface area contributed by atoms with Gasteiger partial charge in [-0.2, -0.15) is 5.10 Å². The van der Waals surface area contributed by atoms with Gasteiger partial charge in [0, 0.05) is 24.8 Å². The van der Waals surface area contributed by atoms with Crippen molar-refractivity contribution in [2.45, 2.75) is 33.2 Å². The van der Waals surface area contributed by atoms with Crippen LogP contribution in [0.25, 0.3) is 11.3 Å². The van der Waals surface area contributed by atoms with E-state index in [0.29, 0.717) is 60.7 Å². The van der Waals surface area contributed by atoms with Crippen LogP contribution in [0.3, 0.4) is 0 Å². The fourth-order valence-corrected chi connectivity index (χ4v) is 4.33. The number of H-pyrrole nitrogens is 1. The number of nitrogens with zero attached hydrogens (tertiary/aromatic N) is 2. The summed E-state index contributed by atoms with van der Waals surface area (Å²) < 4.78 is 17.2. The molecule has 0 spiro atoms. The predicted octanol–water partition coefficient (Wildman–Crippen LogP) is 4.80. The summed E-state index contributed by atoms with van der Waals surface area (Å²) in [5.74, 6) is 1.79. The van der Waals surface area contributed by atoms with Gasteiger partial charge in [-0.25, -0.2) is 0 Å². The van der Waals surface area contributed by atoms with Crippen LogP contribution in [0.15, 0.2) is 42.5 Å². The number of aromatic amines is 1. The molecule has 1 atom stereocenters. The van der Waals surface area contributed by atoms with Crippen molar-refractivity contribution in [2.75, 3.05) is 33.5 Å². The number of ether oxygens (including phenoxy) is 3. The van der Waals surface area contributed by atoms with Crippen LogP contribution in [0, 0.1) is 5.92 Å². The highest BCUT2D eigenvalue weighted by atomic mass is 16.5. The molecule has 1 aliphatic rings. The number of hydrogen-bond donors (Lipinski definition) is 2. The lowest BCUT2D eigenvalue weighted by Crippen LogP contribution is -2.32. The van der Waals surface area contributed by atoms with Crippen LogP contribution < -0.4 is 9.47 Å². The topological polar surface area (TPSA) is 96.9 Å². The van der Waals surface area contributed by atoms with Crippen LogP contribution in [0.1, 0.15) is 54.8 Å². The molecule has 0 bridgehead atoms. The molecule has 1 aromatic heterocycles. The average molecular weight is 480 g/mol. The molecule has 0 radical (unpaired) electrons. The second-order valence-corrected chi connectivity index (χ2v) is 8.94. The lowest BCUT2D eigenvalue weighted by Gasteiger charge is -2.27. The molecule has 2 heterocycles. The quantitative estimate of drug-likeness (QED) is 0.410. The monoisotopic (exact) mass is 479 g/mol. The zero-order valence-electron chi connectivity index (χ0n) is 20.7. The van der Waals surface area contributed by atoms with E-state index in [4.69, 9.17) is 14.2 Å². The third kappa shape index (κ3) is 4.98. The number of fused-ring (bicyclic) bond motifs is 1. The Morgan fingerprint density at radius 2 is 1.91 bits per heavy atom. The van der Waals surface area contributed by atoms with Gasteiger partial charge in [-0.1, -0.05) is 32.0 Å². The van der Waals surface area contributed by atoms with Crippen LogP contribution in [-0.4, -0.2) is 59.6 Å². The van der Waals surface area contributed by atoms with E-state index >= 15 is 0 Å². The first-order valence-electron chi connectivity index (χ1n) is 12.0. The molecule has 8 nitrogen and oxygen atoms in total. The maximum absolute atomic E-state index is 13.4. The summed E-state index contributed by atoms with van der Waals surface area (Å²) in [7, 11) is 1.61. The molecular formula is C27H33N3O5. The van der Waals surface area contributed by atoms with Gasteiger partial charge >= 0.3 is 0 Å². The van der Waals surface area contributed by atoms with Gasteiger partial charge in [0.25, 0.3) is 5.91 Å². The summed E-state index contributed by atoms with van der Waals surface area (Å²) in [5.41, 5.74) is 3.12. The maximum atomic E-state index is 13.4. The normalized spacial score (nSPS) is 15.1. The number of nitrogens with one attached hydrogen (secondary N) is 1. The van der Waals surface area contributed by atoms with Crippen molar-refractivity contribution in [3.05, 3.63) is 59.3 Å². The van der Waals surface area contributed by atoms with E-state index < -0.39 is 6.04 Å². The van der Waals surface area contributed by atoms with Crippen molar-refractivity contribution in [1.82, 2.24) is 15.1 Å². The van der Waals surface area contributed by atoms with Crippen molar-refractivity contribution in [2.24, 2.45) is 5.92 Å². The summed E-state index contributed by atoms with van der Waals surface area (Å²) in [6.07, 6.45) is 0.942. The lowest BCUT2D eigenvalue weighted by atomic mass is 9.95. The second-order valence-electron chi connectivity index (χ2n) is 8.94. The van der Waals surface area contributed by atoms with E-state index in [1.807, 2.05) is 31.2 Å². The molecule has 0 fully saturated rings. The van der Waals surface area contributed by atoms with Gasteiger partial charge in [-0.05, 0) is 49.1 Å². The minimum absolute atomic E-state index is 0.104. The molecule has 35 heavy (non-hydrogen) atoms. The number of benzene rings is 2. The zero-order chi connectivity index (χ0) is 24.9. The van der Waals surface area contributed by atoms with Gasteiger partial charge in [0.1, 0.15) is 17.1 Å². The summed E-state index contributed by atoms with van der Waals surface area (Å²) >= 11 is 0. The number of para-hydroxylation sites is 1. The summed E-state index contributed by atoms with van der Waals surface area (Å²) in [4.78, 5) is 15.1. The highest BCUT2D eigenvalue weighted by Gasteiger charge is 2.42. The van der Waals surface area contributed by atoms with Gasteiger partial charge in [-0.15, -0.1) is 0 Å². The maximum Gasteiger partial charge on any atom is 0.273 e. The van der Waals surface area contributed by atoms with Crippen LogP contribution in [-0.2, 0) is 4.74 Å². The molecule has 3 aromatic rings. The van der Waals surface area contributed by atoms with E-state index in [1.165, 1.54) is 0 Å². The van der Waals surface area contributed by atoms with E-state index in [2.05, 4.69) is 24.0 Å². The highest BCUT2D eigenvalue weighted by molar-refractivity contribution is 6.00. The Hall–Kier alpha value is -3.52. The minimum Gasteiger partial charge on any atom is -0.507 e. The first kappa shape index (κ1) is 24.6. The summed E-state index contributed by atoms with van der Waals surface area (Å²) in [6.45, 7) is 8.13. The molecule has 0 aliphatic carbocycles. The minimum atomic E-state index is -0.426. The Kier molecular flexibility index (Phi) is 7.60. The Labute approximate surface area is 205 Å². The Morgan fingerprint density at radius 3 is 2.63 bits per heavy atom. The summed E-state index contributed by atoms with van der Waals surface area (Å²) in [5, 5.41) is 17.8. The zero-order valence-corrected chi connectivity index (χ0v) is 20.7. The van der Waals surface area contributed by atoms with Crippen molar-refractivity contribution in [3.8, 4) is 28.5 Å². The molecule has 0 saturated carbocycles. The van der Waals surface area contributed by atoms with Gasteiger partial charge in [0.15, 0.2) is 11.5 Å². The Bertz CT molecular complexity index is 1170. The first-order chi connectivity index (χ1) is 17.0. The molecular weight excluding hydrogens is 446 g/mol. The molecule has 8 heteroatoms. The van der Waals surface area contributed by atoms with Crippen molar-refractivity contribution < 1.29 is 24.1 Å². The number of phenolic OH excluding ortho intramolecular Hbond substituents is 1. The molecule has 186 valence electrons. The molecule has 1 aliphatic heterocycles. The lowest BCUT2D eigenvalue weighted by molar-refractivity contribution is 0.0677. The van der Waals surface area contributed by atoms with Gasteiger partial charge in [0.05, 0.1) is 25.9 Å². The number of carbonyl (C=O) groups is 1. The molecule has 2 aromatic carbocycles. The molecule has 2 N–H and O–H groups in total. The highest BCUT2D eigenvalue weighted by Crippen LogP contribution is 2.45.